The maximum Gasteiger partial charge on any atom is 0.472 e. The summed E-state index contributed by atoms with van der Waals surface area (Å²) in [6, 6.07) is 0. The summed E-state index contributed by atoms with van der Waals surface area (Å²) in [7, 11) is -9.88. The first-order valence-corrected chi connectivity index (χ1v) is 35.8. The van der Waals surface area contributed by atoms with Crippen LogP contribution in [0.4, 0.5) is 0 Å². The molecule has 19 heteroatoms. The molecule has 486 valence electrons. The van der Waals surface area contributed by atoms with Gasteiger partial charge in [0.1, 0.15) is 19.3 Å². The molecule has 2 unspecified atom stereocenters. The van der Waals surface area contributed by atoms with Crippen molar-refractivity contribution in [2.75, 3.05) is 39.6 Å². The van der Waals surface area contributed by atoms with Gasteiger partial charge >= 0.3 is 39.5 Å². The van der Waals surface area contributed by atoms with Crippen molar-refractivity contribution >= 4 is 39.5 Å². The standard InChI is InChI=1S/C63H122O17P2/c1-8-9-10-11-12-23-30-37-44-60(65)73-50-58(80-63(68)47-40-33-26-19-17-22-29-36-43-56(6)7)52-77-81(69,70)75-48-57(64)49-76-82(71,72)78-53-59(51-74-61(66)45-38-31-24-18-16-21-28-35-42-55(4)5)79-62(67)46-39-32-25-15-13-14-20-27-34-41-54(2)3/h54-59,64H,8-53H2,1-7H3,(H,69,70)(H,71,72)/t57-,58+,59+/m0/s1. The SMILES string of the molecule is CCCCCCCCCCC(=O)OC[C@H](COP(=O)(O)OC[C@H](O)COP(=O)(O)OC[C@@H](COC(=O)CCCCCCCCCCC(C)C)OC(=O)CCCCCCCCCCCC(C)C)OC(=O)CCCCCCCCCCC(C)C. The van der Waals surface area contributed by atoms with Gasteiger partial charge in [-0.1, -0.05) is 254 Å². The third-order valence-corrected chi connectivity index (χ3v) is 16.3. The monoisotopic (exact) mass is 1210 g/mol. The Kier molecular flexibility index (Phi) is 53.2. The molecule has 5 atom stereocenters. The number of unbranched alkanes of at least 4 members (excludes halogenated alkanes) is 29. The van der Waals surface area contributed by atoms with Crippen molar-refractivity contribution in [1.82, 2.24) is 0 Å². The topological polar surface area (TPSA) is 237 Å². The lowest BCUT2D eigenvalue weighted by atomic mass is 10.0. The molecular weight excluding hydrogens is 1090 g/mol. The van der Waals surface area contributed by atoms with Crippen LogP contribution in [0.25, 0.3) is 0 Å². The molecule has 0 aromatic rings. The molecule has 0 amide bonds. The van der Waals surface area contributed by atoms with Crippen molar-refractivity contribution in [1.29, 1.82) is 0 Å². The molecule has 0 rings (SSSR count). The molecule has 82 heavy (non-hydrogen) atoms. The fraction of sp³-hybridized carbons (Fsp3) is 0.937. The molecule has 3 N–H and O–H groups in total. The number of phosphoric ester groups is 2. The summed E-state index contributed by atoms with van der Waals surface area (Å²) in [5, 5.41) is 10.5. The van der Waals surface area contributed by atoms with E-state index in [9.17, 15) is 43.2 Å². The predicted molar refractivity (Wildman–Crippen MR) is 326 cm³/mol. The van der Waals surface area contributed by atoms with E-state index in [-0.39, 0.29) is 25.7 Å². The second kappa shape index (κ2) is 54.5. The average Bonchev–Trinajstić information content (AvgIpc) is 3.43. The Balaban J connectivity index is 5.24. The number of hydrogen-bond acceptors (Lipinski definition) is 15. The van der Waals surface area contributed by atoms with Gasteiger partial charge in [0, 0.05) is 25.7 Å². The highest BCUT2D eigenvalue weighted by Gasteiger charge is 2.30. The summed E-state index contributed by atoms with van der Waals surface area (Å²) in [6.07, 6.45) is 34.9. The van der Waals surface area contributed by atoms with Crippen molar-refractivity contribution in [3.05, 3.63) is 0 Å². The highest BCUT2D eigenvalue weighted by atomic mass is 31.2. The van der Waals surface area contributed by atoms with Crippen molar-refractivity contribution in [2.45, 2.75) is 324 Å². The first-order chi connectivity index (χ1) is 39.2. The van der Waals surface area contributed by atoms with E-state index in [1.807, 2.05) is 0 Å². The lowest BCUT2D eigenvalue weighted by Gasteiger charge is -2.21. The molecule has 0 aliphatic carbocycles. The van der Waals surface area contributed by atoms with Gasteiger partial charge in [0.05, 0.1) is 26.4 Å². The third-order valence-electron chi connectivity index (χ3n) is 14.4. The van der Waals surface area contributed by atoms with Crippen LogP contribution in [-0.2, 0) is 65.4 Å². The van der Waals surface area contributed by atoms with Gasteiger partial charge in [-0.2, -0.15) is 0 Å². The molecule has 0 heterocycles. The molecular formula is C63H122O17P2. The highest BCUT2D eigenvalue weighted by Crippen LogP contribution is 2.45. The van der Waals surface area contributed by atoms with Crippen LogP contribution in [0.5, 0.6) is 0 Å². The number of carbonyl (C=O) groups excluding carboxylic acids is 4. The molecule has 0 aliphatic heterocycles. The first kappa shape index (κ1) is 80.1. The van der Waals surface area contributed by atoms with Gasteiger partial charge in [0.25, 0.3) is 0 Å². The van der Waals surface area contributed by atoms with Crippen LogP contribution in [0.3, 0.4) is 0 Å². The lowest BCUT2D eigenvalue weighted by molar-refractivity contribution is -0.161. The van der Waals surface area contributed by atoms with Crippen molar-refractivity contribution in [2.24, 2.45) is 17.8 Å². The minimum atomic E-state index is -4.94. The molecule has 0 saturated carbocycles. The summed E-state index contributed by atoms with van der Waals surface area (Å²) in [5.74, 6) is 0.0400. The predicted octanol–water partition coefficient (Wildman–Crippen LogP) is 17.1. The fourth-order valence-corrected chi connectivity index (χ4v) is 10.9. The molecule has 0 fully saturated rings. The van der Waals surface area contributed by atoms with E-state index in [0.717, 1.165) is 114 Å². The second-order valence-electron chi connectivity index (χ2n) is 24.2. The summed E-state index contributed by atoms with van der Waals surface area (Å²) >= 11 is 0. The maximum atomic E-state index is 13.0. The minimum Gasteiger partial charge on any atom is -0.462 e. The zero-order chi connectivity index (χ0) is 61.0. The number of aliphatic hydroxyl groups is 1. The zero-order valence-corrected chi connectivity index (χ0v) is 54.7. The van der Waals surface area contributed by atoms with Crippen molar-refractivity contribution < 1.29 is 80.2 Å². The van der Waals surface area contributed by atoms with E-state index < -0.39 is 97.5 Å². The van der Waals surface area contributed by atoms with Crippen LogP contribution >= 0.6 is 15.6 Å². The fourth-order valence-electron chi connectivity index (χ4n) is 9.30. The van der Waals surface area contributed by atoms with E-state index in [4.69, 9.17) is 37.0 Å². The molecule has 0 radical (unpaired) electrons. The number of phosphoric acid groups is 2. The van der Waals surface area contributed by atoms with Crippen molar-refractivity contribution in [3.63, 3.8) is 0 Å². The normalized spacial score (nSPS) is 14.4. The number of carbonyl (C=O) groups is 4. The number of ether oxygens (including phenoxy) is 4. The third kappa shape index (κ3) is 57.2. The van der Waals surface area contributed by atoms with Gasteiger partial charge in [0.15, 0.2) is 12.2 Å². The van der Waals surface area contributed by atoms with Crippen LogP contribution in [-0.4, -0.2) is 96.7 Å². The quantitative estimate of drug-likeness (QED) is 0.0222. The summed E-state index contributed by atoms with van der Waals surface area (Å²) in [6.45, 7) is 11.7. The lowest BCUT2D eigenvalue weighted by Crippen LogP contribution is -2.30. The van der Waals surface area contributed by atoms with Crippen LogP contribution in [0.1, 0.15) is 305 Å². The number of rotatable bonds is 61. The summed E-state index contributed by atoms with van der Waals surface area (Å²) in [4.78, 5) is 72.1. The van der Waals surface area contributed by atoms with E-state index in [1.165, 1.54) is 109 Å². The van der Waals surface area contributed by atoms with Gasteiger partial charge in [-0.3, -0.25) is 37.3 Å². The van der Waals surface area contributed by atoms with Crippen LogP contribution in [0.15, 0.2) is 0 Å². The number of hydrogen-bond donors (Lipinski definition) is 3. The Morgan fingerprint density at radius 3 is 0.829 bits per heavy atom. The van der Waals surface area contributed by atoms with E-state index in [2.05, 4.69) is 48.5 Å². The Labute approximate surface area is 498 Å². The largest absolute Gasteiger partial charge is 0.472 e. The maximum absolute atomic E-state index is 13.0. The zero-order valence-electron chi connectivity index (χ0n) is 52.9. The summed E-state index contributed by atoms with van der Waals surface area (Å²) in [5.41, 5.74) is 0. The van der Waals surface area contributed by atoms with E-state index in [0.29, 0.717) is 25.7 Å². The van der Waals surface area contributed by atoms with Gasteiger partial charge < -0.3 is 33.8 Å². The van der Waals surface area contributed by atoms with E-state index >= 15 is 0 Å². The van der Waals surface area contributed by atoms with Crippen molar-refractivity contribution in [3.8, 4) is 0 Å². The average molecular weight is 1210 g/mol. The molecule has 17 nitrogen and oxygen atoms in total. The number of aliphatic hydroxyl groups excluding tert-OH is 1. The van der Waals surface area contributed by atoms with Gasteiger partial charge in [-0.05, 0) is 43.4 Å². The minimum absolute atomic E-state index is 0.104. The Hall–Kier alpha value is -1.94. The Morgan fingerprint density at radius 1 is 0.329 bits per heavy atom. The molecule has 0 saturated heterocycles. The molecule has 0 aromatic carbocycles. The Morgan fingerprint density at radius 2 is 0.561 bits per heavy atom. The second-order valence-corrected chi connectivity index (χ2v) is 27.1. The van der Waals surface area contributed by atoms with Gasteiger partial charge in [-0.25, -0.2) is 9.13 Å². The molecule has 0 aliphatic rings. The van der Waals surface area contributed by atoms with Crippen LogP contribution < -0.4 is 0 Å². The molecule has 0 spiro atoms. The molecule has 0 aromatic heterocycles. The summed E-state index contributed by atoms with van der Waals surface area (Å²) < 4.78 is 67.9. The smallest absolute Gasteiger partial charge is 0.462 e. The van der Waals surface area contributed by atoms with Gasteiger partial charge in [-0.15, -0.1) is 0 Å². The number of esters is 4. The van der Waals surface area contributed by atoms with Crippen LogP contribution in [0.2, 0.25) is 0 Å². The highest BCUT2D eigenvalue weighted by molar-refractivity contribution is 7.47. The Bertz CT molecular complexity index is 1630. The van der Waals surface area contributed by atoms with Gasteiger partial charge in [0.2, 0.25) is 0 Å². The molecule has 0 bridgehead atoms. The van der Waals surface area contributed by atoms with E-state index in [1.54, 1.807) is 0 Å². The van der Waals surface area contributed by atoms with Crippen LogP contribution in [0, 0.1) is 17.8 Å². The first-order valence-electron chi connectivity index (χ1n) is 32.8.